The molecular formula is C10H11ClF3NO2. The highest BCUT2D eigenvalue weighted by molar-refractivity contribution is 6.30. The summed E-state index contributed by atoms with van der Waals surface area (Å²) in [6.07, 6.45) is -3.14. The minimum atomic E-state index is -4.46. The van der Waals surface area contributed by atoms with Crippen LogP contribution in [0, 0.1) is 0 Å². The zero-order valence-electron chi connectivity index (χ0n) is 9.00. The van der Waals surface area contributed by atoms with Crippen molar-refractivity contribution in [1.29, 1.82) is 0 Å². The lowest BCUT2D eigenvalue weighted by Gasteiger charge is -2.23. The largest absolute Gasteiger partial charge is 0.467 e. The topological polar surface area (TPSA) is 33.5 Å². The van der Waals surface area contributed by atoms with Crippen LogP contribution in [0.4, 0.5) is 13.2 Å². The molecule has 0 radical (unpaired) electrons. The number of rotatable bonds is 4. The number of hydrogen-bond donors (Lipinski definition) is 0. The Hall–Kier alpha value is -1.17. The first-order valence-electron chi connectivity index (χ1n) is 4.81. The highest BCUT2D eigenvalue weighted by Gasteiger charge is 2.34. The van der Waals surface area contributed by atoms with E-state index in [4.69, 9.17) is 16.0 Å². The lowest BCUT2D eigenvalue weighted by molar-refractivity contribution is -0.162. The van der Waals surface area contributed by atoms with Gasteiger partial charge in [0.2, 0.25) is 5.91 Å². The van der Waals surface area contributed by atoms with Gasteiger partial charge in [-0.05, 0) is 19.1 Å². The van der Waals surface area contributed by atoms with E-state index in [1.807, 2.05) is 0 Å². The van der Waals surface area contributed by atoms with Gasteiger partial charge in [-0.2, -0.15) is 13.2 Å². The van der Waals surface area contributed by atoms with Gasteiger partial charge >= 0.3 is 6.18 Å². The Balaban J connectivity index is 2.75. The normalized spacial score (nSPS) is 13.5. The molecule has 0 saturated carbocycles. The van der Waals surface area contributed by atoms with Gasteiger partial charge in [0.1, 0.15) is 17.7 Å². The molecule has 1 atom stereocenters. The fraction of sp³-hybridized carbons (Fsp3) is 0.500. The summed E-state index contributed by atoms with van der Waals surface area (Å²) in [4.78, 5) is 12.1. The van der Waals surface area contributed by atoms with Gasteiger partial charge in [-0.1, -0.05) is 0 Å². The fourth-order valence-electron chi connectivity index (χ4n) is 1.27. The summed E-state index contributed by atoms with van der Waals surface area (Å²) in [5.74, 6) is -0.500. The number of furan rings is 1. The molecule has 7 heteroatoms. The third-order valence-electron chi connectivity index (χ3n) is 1.95. The summed E-state index contributed by atoms with van der Waals surface area (Å²) in [5.41, 5.74) is 0. The number of carbonyl (C=O) groups excluding carboxylic acids is 1. The number of hydrogen-bond acceptors (Lipinski definition) is 2. The van der Waals surface area contributed by atoms with E-state index in [0.29, 0.717) is 4.90 Å². The first-order valence-corrected chi connectivity index (χ1v) is 5.25. The highest BCUT2D eigenvalue weighted by Crippen LogP contribution is 2.19. The van der Waals surface area contributed by atoms with Crippen LogP contribution >= 0.6 is 11.6 Å². The summed E-state index contributed by atoms with van der Waals surface area (Å²) < 4.78 is 41.8. The van der Waals surface area contributed by atoms with Crippen LogP contribution in [-0.2, 0) is 11.3 Å². The van der Waals surface area contributed by atoms with Gasteiger partial charge in [0.05, 0.1) is 12.8 Å². The maximum absolute atomic E-state index is 12.3. The zero-order valence-corrected chi connectivity index (χ0v) is 9.76. The molecule has 0 aromatic carbocycles. The van der Waals surface area contributed by atoms with Crippen molar-refractivity contribution in [2.45, 2.75) is 25.0 Å². The van der Waals surface area contributed by atoms with Gasteiger partial charge in [0.25, 0.3) is 0 Å². The van der Waals surface area contributed by atoms with Gasteiger partial charge in [-0.3, -0.25) is 4.79 Å². The molecule has 1 unspecified atom stereocenters. The molecule has 0 spiro atoms. The number of carbonyl (C=O) groups is 1. The van der Waals surface area contributed by atoms with Gasteiger partial charge < -0.3 is 9.32 Å². The molecule has 0 saturated heterocycles. The van der Waals surface area contributed by atoms with E-state index < -0.39 is 24.0 Å². The Morgan fingerprint density at radius 1 is 1.59 bits per heavy atom. The van der Waals surface area contributed by atoms with Crippen LogP contribution < -0.4 is 0 Å². The van der Waals surface area contributed by atoms with E-state index >= 15 is 0 Å². The van der Waals surface area contributed by atoms with Crippen LogP contribution in [0.1, 0.15) is 12.7 Å². The van der Waals surface area contributed by atoms with Crippen LogP contribution in [0.25, 0.3) is 0 Å². The van der Waals surface area contributed by atoms with Crippen molar-refractivity contribution >= 4 is 17.5 Å². The van der Waals surface area contributed by atoms with E-state index in [0.717, 1.165) is 0 Å². The van der Waals surface area contributed by atoms with Crippen LogP contribution in [-0.4, -0.2) is 28.9 Å². The minimum absolute atomic E-state index is 0.248. The molecule has 3 nitrogen and oxygen atoms in total. The number of alkyl halides is 4. The second-order valence-electron chi connectivity index (χ2n) is 3.50. The maximum Gasteiger partial charge on any atom is 0.406 e. The molecule has 0 fully saturated rings. The predicted molar refractivity (Wildman–Crippen MR) is 55.5 cm³/mol. The third-order valence-corrected chi connectivity index (χ3v) is 2.14. The fourth-order valence-corrected chi connectivity index (χ4v) is 1.41. The molecular weight excluding hydrogens is 259 g/mol. The van der Waals surface area contributed by atoms with Crippen molar-refractivity contribution in [1.82, 2.24) is 4.90 Å². The average molecular weight is 270 g/mol. The van der Waals surface area contributed by atoms with Crippen LogP contribution in [0.3, 0.4) is 0 Å². The Morgan fingerprint density at radius 2 is 2.24 bits per heavy atom. The van der Waals surface area contributed by atoms with Gasteiger partial charge in [-0.15, -0.1) is 11.6 Å². The molecule has 1 rings (SSSR count). The highest BCUT2D eigenvalue weighted by atomic mass is 35.5. The molecule has 1 aromatic heterocycles. The molecule has 0 aliphatic heterocycles. The van der Waals surface area contributed by atoms with Crippen molar-refractivity contribution in [3.63, 3.8) is 0 Å². The Labute approximate surface area is 101 Å². The van der Waals surface area contributed by atoms with Crippen molar-refractivity contribution in [3.05, 3.63) is 24.2 Å². The quantitative estimate of drug-likeness (QED) is 0.788. The summed E-state index contributed by atoms with van der Waals surface area (Å²) in [5, 5.41) is -1.01. The first kappa shape index (κ1) is 13.9. The third kappa shape index (κ3) is 4.68. The van der Waals surface area contributed by atoms with Crippen LogP contribution in [0.5, 0.6) is 0 Å². The van der Waals surface area contributed by atoms with E-state index in [1.165, 1.54) is 25.3 Å². The molecule has 0 N–H and O–H groups in total. The molecule has 0 bridgehead atoms. The number of nitrogens with zero attached hydrogens (tertiary/aromatic N) is 1. The minimum Gasteiger partial charge on any atom is -0.467 e. The lowest BCUT2D eigenvalue weighted by Crippen LogP contribution is -2.41. The Kier molecular flexibility index (Phi) is 4.45. The van der Waals surface area contributed by atoms with Crippen molar-refractivity contribution in [2.75, 3.05) is 6.54 Å². The maximum atomic E-state index is 12.3. The summed E-state index contributed by atoms with van der Waals surface area (Å²) in [6.45, 7) is -0.263. The Morgan fingerprint density at radius 3 is 2.65 bits per heavy atom. The van der Waals surface area contributed by atoms with Crippen LogP contribution in [0.2, 0.25) is 0 Å². The zero-order chi connectivity index (χ0) is 13.1. The van der Waals surface area contributed by atoms with Crippen molar-refractivity contribution in [2.24, 2.45) is 0 Å². The van der Waals surface area contributed by atoms with E-state index in [1.54, 1.807) is 0 Å². The van der Waals surface area contributed by atoms with E-state index in [2.05, 4.69) is 0 Å². The van der Waals surface area contributed by atoms with Gasteiger partial charge in [0, 0.05) is 0 Å². The van der Waals surface area contributed by atoms with Crippen molar-refractivity contribution in [3.8, 4) is 0 Å². The number of halogens is 4. The smallest absolute Gasteiger partial charge is 0.406 e. The molecule has 1 heterocycles. The second kappa shape index (κ2) is 5.44. The molecule has 1 aromatic rings. The summed E-state index contributed by atoms with van der Waals surface area (Å²) >= 11 is 5.50. The average Bonchev–Trinajstić information content (AvgIpc) is 2.66. The summed E-state index contributed by atoms with van der Waals surface area (Å²) in [6, 6.07) is 3.03. The predicted octanol–water partition coefficient (Wildman–Crippen LogP) is 2.80. The van der Waals surface area contributed by atoms with E-state index in [9.17, 15) is 18.0 Å². The number of amides is 1. The van der Waals surface area contributed by atoms with Gasteiger partial charge in [0.15, 0.2) is 0 Å². The molecule has 1 amide bonds. The SMILES string of the molecule is CC(Cl)C(=O)N(Cc1ccco1)CC(F)(F)F. The summed E-state index contributed by atoms with van der Waals surface area (Å²) in [7, 11) is 0. The standard InChI is InChI=1S/C10H11ClF3NO2/c1-7(11)9(16)15(6-10(12,13)14)5-8-3-2-4-17-8/h2-4,7H,5-6H2,1H3. The Bertz CT molecular complexity index is 362. The second-order valence-corrected chi connectivity index (χ2v) is 4.16. The molecule has 96 valence electrons. The first-order chi connectivity index (χ1) is 7.79. The monoisotopic (exact) mass is 269 g/mol. The molecule has 17 heavy (non-hydrogen) atoms. The molecule has 0 aliphatic rings. The van der Waals surface area contributed by atoms with Gasteiger partial charge in [-0.25, -0.2) is 0 Å². The van der Waals surface area contributed by atoms with E-state index in [-0.39, 0.29) is 12.3 Å². The lowest BCUT2D eigenvalue weighted by atomic mass is 10.3. The van der Waals surface area contributed by atoms with Crippen LogP contribution in [0.15, 0.2) is 22.8 Å². The molecule has 0 aliphatic carbocycles. The van der Waals surface area contributed by atoms with Crippen molar-refractivity contribution < 1.29 is 22.4 Å².